The van der Waals surface area contributed by atoms with Gasteiger partial charge in [-0.3, -0.25) is 4.79 Å². The normalized spacial score (nSPS) is 9.92. The van der Waals surface area contributed by atoms with Gasteiger partial charge in [0.05, 0.1) is 27.2 Å². The highest BCUT2D eigenvalue weighted by molar-refractivity contribution is 5.90. The summed E-state index contributed by atoms with van der Waals surface area (Å²) in [4.78, 5) is 9.82. The van der Waals surface area contributed by atoms with Gasteiger partial charge in [-0.1, -0.05) is 6.58 Å². The summed E-state index contributed by atoms with van der Waals surface area (Å²) in [7, 11) is 4.47. The van der Waals surface area contributed by atoms with Gasteiger partial charge < -0.3 is 10.2 Å². The molecule has 0 aromatic rings. The molecule has 0 saturated carbocycles. The highest BCUT2D eigenvalue weighted by atomic mass is 16.1. The first-order chi connectivity index (χ1) is 5.76. The third-order valence-electron chi connectivity index (χ3n) is 2.13. The molecular formula is C10H23N2O+. The van der Waals surface area contributed by atoms with Crippen LogP contribution in [0.2, 0.25) is 0 Å². The van der Waals surface area contributed by atoms with E-state index in [0.29, 0.717) is 5.57 Å². The van der Waals surface area contributed by atoms with Crippen molar-refractivity contribution in [2.24, 2.45) is 5.73 Å². The lowest BCUT2D eigenvalue weighted by atomic mass is 10.3. The van der Waals surface area contributed by atoms with E-state index < -0.39 is 5.91 Å². The van der Waals surface area contributed by atoms with Crippen LogP contribution in [-0.2, 0) is 4.79 Å². The molecule has 0 heterocycles. The van der Waals surface area contributed by atoms with Gasteiger partial charge in [0.1, 0.15) is 0 Å². The molecule has 0 aliphatic heterocycles. The number of amides is 1. The van der Waals surface area contributed by atoms with Crippen molar-refractivity contribution in [2.75, 3.05) is 27.2 Å². The zero-order valence-corrected chi connectivity index (χ0v) is 9.55. The average molecular weight is 187 g/mol. The predicted octanol–water partition coefficient (Wildman–Crippen LogP) is 1.15. The lowest BCUT2D eigenvalue weighted by Crippen LogP contribution is -2.38. The molecule has 0 rings (SSSR count). The summed E-state index contributed by atoms with van der Waals surface area (Å²) in [5.74, 6) is -0.435. The Labute approximate surface area is 81.8 Å². The van der Waals surface area contributed by atoms with Crippen molar-refractivity contribution < 1.29 is 9.28 Å². The Bertz CT molecular complexity index is 156. The number of nitrogens with zero attached hydrogens (tertiary/aromatic N) is 1. The summed E-state index contributed by atoms with van der Waals surface area (Å²) in [5.41, 5.74) is 5.09. The summed E-state index contributed by atoms with van der Waals surface area (Å²) in [6.45, 7) is 11.7. The fraction of sp³-hybridized carbons (Fsp3) is 0.700. The Kier molecular flexibility index (Phi) is 7.52. The topological polar surface area (TPSA) is 43.1 Å². The van der Waals surface area contributed by atoms with Gasteiger partial charge in [0.25, 0.3) is 0 Å². The number of quaternary nitrogens is 1. The number of rotatable bonds is 3. The van der Waals surface area contributed by atoms with Crippen LogP contribution in [-0.4, -0.2) is 37.6 Å². The van der Waals surface area contributed by atoms with Crippen LogP contribution in [0, 0.1) is 0 Å². The lowest BCUT2D eigenvalue weighted by Gasteiger charge is -2.25. The van der Waals surface area contributed by atoms with Gasteiger partial charge >= 0.3 is 0 Å². The van der Waals surface area contributed by atoms with Crippen molar-refractivity contribution in [3.05, 3.63) is 12.2 Å². The molecule has 0 aromatic heterocycles. The van der Waals surface area contributed by atoms with Crippen molar-refractivity contribution in [3.63, 3.8) is 0 Å². The van der Waals surface area contributed by atoms with Crippen LogP contribution in [0.3, 0.4) is 0 Å². The van der Waals surface area contributed by atoms with E-state index in [1.54, 1.807) is 6.92 Å². The minimum Gasteiger partial charge on any atom is -0.366 e. The summed E-state index contributed by atoms with van der Waals surface area (Å²) in [6, 6.07) is 0. The number of nitrogens with two attached hydrogens (primary N) is 1. The smallest absolute Gasteiger partial charge is 0.243 e. The van der Waals surface area contributed by atoms with E-state index >= 15 is 0 Å². The van der Waals surface area contributed by atoms with Crippen molar-refractivity contribution in [1.82, 2.24) is 0 Å². The predicted molar refractivity (Wildman–Crippen MR) is 57.2 cm³/mol. The van der Waals surface area contributed by atoms with Crippen LogP contribution in [0.5, 0.6) is 0 Å². The molecule has 2 N–H and O–H groups in total. The largest absolute Gasteiger partial charge is 0.366 e. The average Bonchev–Trinajstić information content (AvgIpc) is 2.05. The standard InChI is InChI=1S/C6H16N.C4H7NO/c1-5-7(3,4)6-2;1-3(2)4(5)6/h5-6H2,1-4H3;1H2,2H3,(H2,5,6)/q+1;. The van der Waals surface area contributed by atoms with Crippen LogP contribution in [0.4, 0.5) is 0 Å². The highest BCUT2D eigenvalue weighted by Gasteiger charge is 2.04. The van der Waals surface area contributed by atoms with Crippen LogP contribution >= 0.6 is 0 Å². The Balaban J connectivity index is 0. The maximum absolute atomic E-state index is 9.82. The number of hydrogen-bond donors (Lipinski definition) is 1. The first-order valence-corrected chi connectivity index (χ1v) is 4.54. The highest BCUT2D eigenvalue weighted by Crippen LogP contribution is 1.91. The van der Waals surface area contributed by atoms with Crippen LogP contribution in [0.15, 0.2) is 12.2 Å². The zero-order valence-electron chi connectivity index (χ0n) is 9.55. The number of carbonyl (C=O) groups is 1. The van der Waals surface area contributed by atoms with Crippen LogP contribution in [0.1, 0.15) is 20.8 Å². The van der Waals surface area contributed by atoms with Crippen molar-refractivity contribution in [1.29, 1.82) is 0 Å². The minimum absolute atomic E-state index is 0.398. The third kappa shape index (κ3) is 11.2. The second-order valence-corrected chi connectivity index (χ2v) is 3.71. The molecule has 0 saturated heterocycles. The van der Waals surface area contributed by atoms with Crippen LogP contribution in [0.25, 0.3) is 0 Å². The molecule has 1 amide bonds. The van der Waals surface area contributed by atoms with Gasteiger partial charge in [-0.25, -0.2) is 0 Å². The fourth-order valence-corrected chi connectivity index (χ4v) is 0.224. The molecule has 0 unspecified atom stereocenters. The molecule has 0 atom stereocenters. The Hall–Kier alpha value is -0.830. The van der Waals surface area contributed by atoms with Crippen molar-refractivity contribution in [3.8, 4) is 0 Å². The maximum atomic E-state index is 9.82. The Morgan fingerprint density at radius 3 is 1.54 bits per heavy atom. The molecule has 0 bridgehead atoms. The van der Waals surface area contributed by atoms with E-state index in [0.717, 1.165) is 4.48 Å². The molecule has 0 aromatic carbocycles. The second-order valence-electron chi connectivity index (χ2n) is 3.71. The van der Waals surface area contributed by atoms with Crippen LogP contribution < -0.4 is 5.73 Å². The molecule has 0 aliphatic carbocycles. The molecule has 78 valence electrons. The first-order valence-electron chi connectivity index (χ1n) is 4.54. The quantitative estimate of drug-likeness (QED) is 0.523. The molecular weight excluding hydrogens is 164 g/mol. The molecule has 3 nitrogen and oxygen atoms in total. The molecule has 3 heteroatoms. The summed E-state index contributed by atoms with van der Waals surface area (Å²) in [6.07, 6.45) is 0. The van der Waals surface area contributed by atoms with Gasteiger partial charge in [0.2, 0.25) is 5.91 Å². The zero-order chi connectivity index (χ0) is 11.1. The molecule has 0 spiro atoms. The number of carbonyl (C=O) groups excluding carboxylic acids is 1. The summed E-state index contributed by atoms with van der Waals surface area (Å²) < 4.78 is 1.14. The summed E-state index contributed by atoms with van der Waals surface area (Å²) >= 11 is 0. The van der Waals surface area contributed by atoms with Gasteiger partial charge in [-0.05, 0) is 20.8 Å². The van der Waals surface area contributed by atoms with Gasteiger partial charge in [-0.15, -0.1) is 0 Å². The van der Waals surface area contributed by atoms with E-state index in [1.165, 1.54) is 13.1 Å². The Morgan fingerprint density at radius 2 is 1.54 bits per heavy atom. The van der Waals surface area contributed by atoms with Gasteiger partial charge in [0.15, 0.2) is 0 Å². The van der Waals surface area contributed by atoms with Crippen molar-refractivity contribution in [2.45, 2.75) is 20.8 Å². The number of primary amides is 1. The van der Waals surface area contributed by atoms with Gasteiger partial charge in [0, 0.05) is 5.57 Å². The number of hydrogen-bond acceptors (Lipinski definition) is 1. The SMILES string of the molecule is C=C(C)C(N)=O.CC[N+](C)(C)CC. The van der Waals surface area contributed by atoms with E-state index in [4.69, 9.17) is 5.73 Å². The van der Waals surface area contributed by atoms with Gasteiger partial charge in [-0.2, -0.15) is 0 Å². The van der Waals surface area contributed by atoms with E-state index in [1.807, 2.05) is 0 Å². The Morgan fingerprint density at radius 1 is 1.31 bits per heavy atom. The van der Waals surface area contributed by atoms with E-state index in [9.17, 15) is 4.79 Å². The first kappa shape index (κ1) is 14.7. The minimum atomic E-state index is -0.435. The second kappa shape index (κ2) is 6.66. The lowest BCUT2D eigenvalue weighted by molar-refractivity contribution is -0.886. The maximum Gasteiger partial charge on any atom is 0.243 e. The monoisotopic (exact) mass is 187 g/mol. The molecule has 0 radical (unpaired) electrons. The third-order valence-corrected chi connectivity index (χ3v) is 2.13. The molecule has 0 aliphatic rings. The van der Waals surface area contributed by atoms with E-state index in [-0.39, 0.29) is 0 Å². The van der Waals surface area contributed by atoms with Crippen molar-refractivity contribution >= 4 is 5.91 Å². The van der Waals surface area contributed by atoms with E-state index in [2.05, 4.69) is 34.5 Å². The fourth-order valence-electron chi connectivity index (χ4n) is 0.224. The summed E-state index contributed by atoms with van der Waals surface area (Å²) in [5, 5.41) is 0. The molecule has 0 fully saturated rings. The molecule has 13 heavy (non-hydrogen) atoms.